The maximum Gasteiger partial charge on any atom is 0.272 e. The lowest BCUT2D eigenvalue weighted by molar-refractivity contribution is 0.00104. The molecule has 0 unspecified atom stereocenters. The van der Waals surface area contributed by atoms with Gasteiger partial charge < -0.3 is 5.73 Å². The number of halogens is 2. The average molecular weight is 159 g/mol. The van der Waals surface area contributed by atoms with Crippen LogP contribution in [0.25, 0.3) is 0 Å². The summed E-state index contributed by atoms with van der Waals surface area (Å²) in [7, 11) is 0. The highest BCUT2D eigenvalue weighted by molar-refractivity contribution is 5.42. The Morgan fingerprint density at radius 2 is 2.36 bits per heavy atom. The van der Waals surface area contributed by atoms with Crippen LogP contribution < -0.4 is 5.73 Å². The average Bonchev–Trinajstić information content (AvgIpc) is 2.31. The number of anilines is 1. The lowest BCUT2D eigenvalue weighted by Crippen LogP contribution is -2.17. The van der Waals surface area contributed by atoms with Gasteiger partial charge in [0.1, 0.15) is 6.54 Å². The molecule has 5 heteroatoms. The summed E-state index contributed by atoms with van der Waals surface area (Å²) in [4.78, 5) is 0. The first-order valence-electron chi connectivity index (χ1n) is 3.26. The van der Waals surface area contributed by atoms with E-state index in [0.29, 0.717) is 11.4 Å². The van der Waals surface area contributed by atoms with E-state index in [9.17, 15) is 8.78 Å². The number of aromatic nitrogens is 2. The number of hydrogen-bond acceptors (Lipinski definition) is 2. The SMILES string of the molecule is Nc1cnn2c1CC(F)(F)C2. The summed E-state index contributed by atoms with van der Waals surface area (Å²) in [5.41, 5.74) is 6.21. The second-order valence-corrected chi connectivity index (χ2v) is 2.74. The molecular weight excluding hydrogens is 152 g/mol. The second-order valence-electron chi connectivity index (χ2n) is 2.74. The molecule has 0 fully saturated rings. The van der Waals surface area contributed by atoms with Crippen molar-refractivity contribution in [1.82, 2.24) is 9.78 Å². The molecule has 0 spiro atoms. The molecule has 1 aromatic rings. The fraction of sp³-hybridized carbons (Fsp3) is 0.500. The van der Waals surface area contributed by atoms with Crippen LogP contribution in [0.4, 0.5) is 14.5 Å². The monoisotopic (exact) mass is 159 g/mol. The number of alkyl halides is 2. The first-order chi connectivity index (χ1) is 5.08. The van der Waals surface area contributed by atoms with Crippen molar-refractivity contribution in [2.45, 2.75) is 18.9 Å². The summed E-state index contributed by atoms with van der Waals surface area (Å²) >= 11 is 0. The van der Waals surface area contributed by atoms with Crippen LogP contribution in [-0.2, 0) is 13.0 Å². The molecule has 0 radical (unpaired) electrons. The molecule has 0 saturated heterocycles. The van der Waals surface area contributed by atoms with Crippen LogP contribution in [-0.4, -0.2) is 15.7 Å². The van der Waals surface area contributed by atoms with E-state index in [1.54, 1.807) is 0 Å². The number of nitrogens with zero attached hydrogens (tertiary/aromatic N) is 2. The van der Waals surface area contributed by atoms with Gasteiger partial charge >= 0.3 is 0 Å². The predicted molar refractivity (Wildman–Crippen MR) is 35.3 cm³/mol. The Labute approximate surface area is 61.8 Å². The second kappa shape index (κ2) is 1.72. The number of hydrogen-bond donors (Lipinski definition) is 1. The summed E-state index contributed by atoms with van der Waals surface area (Å²) in [5, 5.41) is 3.70. The Balaban J connectivity index is 2.42. The van der Waals surface area contributed by atoms with Gasteiger partial charge in [0.05, 0.1) is 24.0 Å². The lowest BCUT2D eigenvalue weighted by Gasteiger charge is -2.04. The number of rotatable bonds is 0. The summed E-state index contributed by atoms with van der Waals surface area (Å²) in [6.07, 6.45) is 1.13. The van der Waals surface area contributed by atoms with Crippen molar-refractivity contribution in [3.63, 3.8) is 0 Å². The molecule has 0 aliphatic carbocycles. The van der Waals surface area contributed by atoms with Crippen molar-refractivity contribution in [3.8, 4) is 0 Å². The number of fused-ring (bicyclic) bond motifs is 1. The van der Waals surface area contributed by atoms with E-state index in [-0.39, 0.29) is 13.0 Å². The third-order valence-corrected chi connectivity index (χ3v) is 1.79. The van der Waals surface area contributed by atoms with E-state index in [1.807, 2.05) is 0 Å². The molecule has 1 aliphatic rings. The molecule has 0 saturated carbocycles. The Morgan fingerprint density at radius 3 is 3.00 bits per heavy atom. The van der Waals surface area contributed by atoms with Gasteiger partial charge in [-0.3, -0.25) is 4.68 Å². The van der Waals surface area contributed by atoms with Crippen molar-refractivity contribution in [1.29, 1.82) is 0 Å². The minimum Gasteiger partial charge on any atom is -0.396 e. The molecule has 2 rings (SSSR count). The molecule has 11 heavy (non-hydrogen) atoms. The minimum absolute atomic E-state index is 0.279. The van der Waals surface area contributed by atoms with Crippen LogP contribution in [0, 0.1) is 0 Å². The predicted octanol–water partition coefficient (Wildman–Crippen LogP) is 0.657. The first kappa shape index (κ1) is 6.57. The number of nitrogens with two attached hydrogens (primary N) is 1. The van der Waals surface area contributed by atoms with Gasteiger partial charge in [0.2, 0.25) is 0 Å². The van der Waals surface area contributed by atoms with Gasteiger partial charge in [0.25, 0.3) is 5.92 Å². The Bertz CT molecular complexity index is 292. The van der Waals surface area contributed by atoms with Gasteiger partial charge in [-0.05, 0) is 0 Å². The third kappa shape index (κ3) is 0.875. The maximum atomic E-state index is 12.6. The molecule has 0 atom stereocenters. The molecular formula is C6H7F2N3. The fourth-order valence-corrected chi connectivity index (χ4v) is 1.27. The molecule has 1 aromatic heterocycles. The van der Waals surface area contributed by atoms with Gasteiger partial charge in [-0.1, -0.05) is 0 Å². The van der Waals surface area contributed by atoms with Gasteiger partial charge in [-0.2, -0.15) is 5.10 Å². The smallest absolute Gasteiger partial charge is 0.272 e. The Kier molecular flexibility index (Phi) is 1.03. The zero-order valence-corrected chi connectivity index (χ0v) is 5.72. The van der Waals surface area contributed by atoms with Crippen LogP contribution in [0.15, 0.2) is 6.20 Å². The number of nitrogen functional groups attached to an aromatic ring is 1. The van der Waals surface area contributed by atoms with E-state index in [1.165, 1.54) is 10.9 Å². The van der Waals surface area contributed by atoms with E-state index < -0.39 is 5.92 Å². The van der Waals surface area contributed by atoms with Crippen molar-refractivity contribution in [3.05, 3.63) is 11.9 Å². The van der Waals surface area contributed by atoms with Crippen molar-refractivity contribution < 1.29 is 8.78 Å². The molecule has 1 aliphatic heterocycles. The molecule has 0 bridgehead atoms. The molecule has 60 valence electrons. The van der Waals surface area contributed by atoms with E-state index in [4.69, 9.17) is 5.73 Å². The van der Waals surface area contributed by atoms with E-state index in [0.717, 1.165) is 0 Å². The lowest BCUT2D eigenvalue weighted by atomic mass is 10.2. The summed E-state index contributed by atoms with van der Waals surface area (Å²) in [6.45, 7) is -0.334. The van der Waals surface area contributed by atoms with Crippen LogP contribution in [0.3, 0.4) is 0 Å². The van der Waals surface area contributed by atoms with Crippen LogP contribution in [0.1, 0.15) is 5.69 Å². The zero-order chi connectivity index (χ0) is 8.06. The van der Waals surface area contributed by atoms with Gasteiger partial charge in [0.15, 0.2) is 0 Å². The van der Waals surface area contributed by atoms with E-state index >= 15 is 0 Å². The fourth-order valence-electron chi connectivity index (χ4n) is 1.27. The maximum absolute atomic E-state index is 12.6. The normalized spacial score (nSPS) is 20.2. The Morgan fingerprint density at radius 1 is 1.64 bits per heavy atom. The van der Waals surface area contributed by atoms with Gasteiger partial charge in [0, 0.05) is 0 Å². The van der Waals surface area contributed by atoms with Gasteiger partial charge in [-0.15, -0.1) is 0 Å². The molecule has 0 aromatic carbocycles. The zero-order valence-electron chi connectivity index (χ0n) is 5.72. The summed E-state index contributed by atoms with van der Waals surface area (Å²) < 4.78 is 26.5. The summed E-state index contributed by atoms with van der Waals surface area (Å²) in [6, 6.07) is 0. The molecule has 3 nitrogen and oxygen atoms in total. The van der Waals surface area contributed by atoms with Crippen LogP contribution in [0.2, 0.25) is 0 Å². The first-order valence-corrected chi connectivity index (χ1v) is 3.26. The van der Waals surface area contributed by atoms with Crippen LogP contribution >= 0.6 is 0 Å². The largest absolute Gasteiger partial charge is 0.396 e. The molecule has 2 N–H and O–H groups in total. The topological polar surface area (TPSA) is 43.8 Å². The highest BCUT2D eigenvalue weighted by Gasteiger charge is 2.39. The quantitative estimate of drug-likeness (QED) is 0.604. The van der Waals surface area contributed by atoms with Crippen LogP contribution in [0.5, 0.6) is 0 Å². The summed E-state index contributed by atoms with van der Waals surface area (Å²) in [5.74, 6) is -2.66. The highest BCUT2D eigenvalue weighted by Crippen LogP contribution is 2.31. The molecule has 2 heterocycles. The van der Waals surface area contributed by atoms with Crippen molar-refractivity contribution >= 4 is 5.69 Å². The molecule has 0 amide bonds. The Hall–Kier alpha value is -1.13. The standard InChI is InChI=1S/C6H7F2N3/c7-6(8)1-5-4(9)2-10-11(5)3-6/h2H,1,3,9H2. The third-order valence-electron chi connectivity index (χ3n) is 1.79. The van der Waals surface area contributed by atoms with Gasteiger partial charge in [-0.25, -0.2) is 8.78 Å². The van der Waals surface area contributed by atoms with Crippen molar-refractivity contribution in [2.75, 3.05) is 5.73 Å². The van der Waals surface area contributed by atoms with E-state index in [2.05, 4.69) is 5.10 Å². The minimum atomic E-state index is -2.66. The van der Waals surface area contributed by atoms with Crippen molar-refractivity contribution in [2.24, 2.45) is 0 Å². The highest BCUT2D eigenvalue weighted by atomic mass is 19.3.